The number of nitrogens with zero attached hydrogens (tertiary/aromatic N) is 4. The Balaban J connectivity index is 1.81. The van der Waals surface area contributed by atoms with E-state index in [0.717, 1.165) is 5.56 Å². The summed E-state index contributed by atoms with van der Waals surface area (Å²) < 4.78 is 7.77. The fourth-order valence-corrected chi connectivity index (χ4v) is 3.84. The summed E-state index contributed by atoms with van der Waals surface area (Å²) in [6, 6.07) is 16.8. The number of carbonyl (C=O) groups is 1. The SMILES string of the molecule is CCN1c2nc(Oc3ccccc3)n(Cc3ccc(Cl)cc3)c2C(=O)N(CCCO)C1O. The molecule has 0 radical (unpaired) electrons. The van der Waals surface area contributed by atoms with E-state index in [-0.39, 0.29) is 25.1 Å². The van der Waals surface area contributed by atoms with E-state index in [0.29, 0.717) is 41.8 Å². The Hall–Kier alpha value is -3.07. The number of amides is 1. The summed E-state index contributed by atoms with van der Waals surface area (Å²) in [7, 11) is 0. The number of hydrogen-bond acceptors (Lipinski definition) is 6. The lowest BCUT2D eigenvalue weighted by Gasteiger charge is -2.40. The number of imidazole rings is 1. The molecule has 0 spiro atoms. The summed E-state index contributed by atoms with van der Waals surface area (Å²) in [5.41, 5.74) is 1.24. The summed E-state index contributed by atoms with van der Waals surface area (Å²) in [6.45, 7) is 2.77. The number of aromatic nitrogens is 2. The first kappa shape index (κ1) is 22.1. The molecule has 9 heteroatoms. The van der Waals surface area contributed by atoms with Gasteiger partial charge in [-0.25, -0.2) is 0 Å². The number of hydrogen-bond donors (Lipinski definition) is 2. The fraction of sp³-hybridized carbons (Fsp3) is 0.304. The summed E-state index contributed by atoms with van der Waals surface area (Å²) in [6.07, 6.45) is -0.816. The van der Waals surface area contributed by atoms with Crippen LogP contribution < -0.4 is 9.64 Å². The van der Waals surface area contributed by atoms with Crippen LogP contribution in [0.5, 0.6) is 11.8 Å². The monoisotopic (exact) mass is 456 g/mol. The van der Waals surface area contributed by atoms with Crippen LogP contribution >= 0.6 is 11.6 Å². The van der Waals surface area contributed by atoms with E-state index in [4.69, 9.17) is 16.3 Å². The number of halogens is 1. The van der Waals surface area contributed by atoms with E-state index in [9.17, 15) is 15.0 Å². The maximum absolute atomic E-state index is 13.4. The van der Waals surface area contributed by atoms with Gasteiger partial charge in [-0.15, -0.1) is 0 Å². The van der Waals surface area contributed by atoms with Gasteiger partial charge in [-0.05, 0) is 43.2 Å². The summed E-state index contributed by atoms with van der Waals surface area (Å²) >= 11 is 6.03. The van der Waals surface area contributed by atoms with Crippen molar-refractivity contribution in [1.29, 1.82) is 0 Å². The molecule has 1 aliphatic heterocycles. The zero-order chi connectivity index (χ0) is 22.7. The van der Waals surface area contributed by atoms with Gasteiger partial charge in [-0.1, -0.05) is 41.9 Å². The standard InChI is InChI=1S/C23H25ClN4O4/c1-2-26-20-19(21(30)27(23(26)31)13-6-14-29)28(15-16-9-11-17(24)12-10-16)22(25-20)32-18-7-4-3-5-8-18/h3-5,7-12,23,29,31H,2,6,13-15H2,1H3. The lowest BCUT2D eigenvalue weighted by Crippen LogP contribution is -2.56. The first-order valence-corrected chi connectivity index (χ1v) is 10.9. The second-order valence-electron chi connectivity index (χ2n) is 7.40. The highest BCUT2D eigenvalue weighted by molar-refractivity contribution is 6.30. The number of aliphatic hydroxyl groups is 2. The van der Waals surface area contributed by atoms with E-state index < -0.39 is 6.35 Å². The van der Waals surface area contributed by atoms with Crippen LogP contribution in [0, 0.1) is 0 Å². The predicted octanol–water partition coefficient (Wildman–Crippen LogP) is 3.32. The number of ether oxygens (including phenoxy) is 1. The highest BCUT2D eigenvalue weighted by Crippen LogP contribution is 2.35. The van der Waals surface area contributed by atoms with Gasteiger partial charge in [0.15, 0.2) is 11.5 Å². The first-order chi connectivity index (χ1) is 15.5. The Kier molecular flexibility index (Phi) is 6.64. The second-order valence-corrected chi connectivity index (χ2v) is 7.84. The van der Waals surface area contributed by atoms with Crippen LogP contribution in [0.15, 0.2) is 54.6 Å². The van der Waals surface area contributed by atoms with Crippen molar-refractivity contribution < 1.29 is 19.7 Å². The number of benzene rings is 2. The van der Waals surface area contributed by atoms with Gasteiger partial charge in [0.05, 0.1) is 6.54 Å². The molecule has 2 heterocycles. The van der Waals surface area contributed by atoms with Gasteiger partial charge in [0.25, 0.3) is 5.91 Å². The van der Waals surface area contributed by atoms with Crippen LogP contribution in [0.25, 0.3) is 0 Å². The number of para-hydroxylation sites is 1. The van der Waals surface area contributed by atoms with Crippen molar-refractivity contribution in [3.05, 3.63) is 70.9 Å². The lowest BCUT2D eigenvalue weighted by molar-refractivity contribution is -0.00105. The van der Waals surface area contributed by atoms with Gasteiger partial charge in [-0.2, -0.15) is 4.98 Å². The average molecular weight is 457 g/mol. The smallest absolute Gasteiger partial charge is 0.304 e. The molecule has 4 rings (SSSR count). The Morgan fingerprint density at radius 2 is 1.81 bits per heavy atom. The lowest BCUT2D eigenvalue weighted by atomic mass is 10.2. The Labute approximate surface area is 191 Å². The first-order valence-electron chi connectivity index (χ1n) is 10.5. The van der Waals surface area contributed by atoms with Crippen LogP contribution in [-0.4, -0.2) is 56.6 Å². The highest BCUT2D eigenvalue weighted by Gasteiger charge is 2.41. The highest BCUT2D eigenvalue weighted by atomic mass is 35.5. The van der Waals surface area contributed by atoms with Crippen LogP contribution in [0.2, 0.25) is 5.02 Å². The maximum Gasteiger partial charge on any atom is 0.304 e. The van der Waals surface area contributed by atoms with Gasteiger partial charge < -0.3 is 19.8 Å². The summed E-state index contributed by atoms with van der Waals surface area (Å²) in [5.74, 6) is 0.584. The van der Waals surface area contributed by atoms with E-state index >= 15 is 0 Å². The number of anilines is 1. The van der Waals surface area contributed by atoms with Gasteiger partial charge in [0.1, 0.15) is 5.75 Å². The molecule has 0 fully saturated rings. The third kappa shape index (κ3) is 4.29. The topological polar surface area (TPSA) is 91.1 Å². The predicted molar refractivity (Wildman–Crippen MR) is 121 cm³/mol. The molecule has 1 aliphatic rings. The van der Waals surface area contributed by atoms with E-state index in [2.05, 4.69) is 4.98 Å². The van der Waals surface area contributed by atoms with Crippen molar-refractivity contribution in [2.45, 2.75) is 26.2 Å². The molecule has 2 aromatic carbocycles. The average Bonchev–Trinajstić information content (AvgIpc) is 3.14. The van der Waals surface area contributed by atoms with Crippen molar-refractivity contribution in [1.82, 2.24) is 14.5 Å². The molecule has 1 unspecified atom stereocenters. The molecule has 8 nitrogen and oxygen atoms in total. The largest absolute Gasteiger partial charge is 0.425 e. The molecule has 0 aliphatic carbocycles. The van der Waals surface area contributed by atoms with Crippen molar-refractivity contribution in [3.63, 3.8) is 0 Å². The minimum Gasteiger partial charge on any atom is -0.425 e. The Morgan fingerprint density at radius 3 is 2.47 bits per heavy atom. The molecule has 1 amide bonds. The van der Waals surface area contributed by atoms with Crippen LogP contribution in [-0.2, 0) is 6.54 Å². The molecule has 168 valence electrons. The normalized spacial score (nSPS) is 15.8. The van der Waals surface area contributed by atoms with E-state index in [1.54, 1.807) is 21.6 Å². The van der Waals surface area contributed by atoms with E-state index in [1.807, 2.05) is 49.4 Å². The molecule has 3 aromatic rings. The molecular formula is C23H25ClN4O4. The second kappa shape index (κ2) is 9.60. The summed E-state index contributed by atoms with van der Waals surface area (Å²) in [5, 5.41) is 20.7. The fourth-order valence-electron chi connectivity index (χ4n) is 3.71. The molecule has 1 atom stereocenters. The molecule has 1 aromatic heterocycles. The number of rotatable bonds is 8. The Morgan fingerprint density at radius 1 is 1.09 bits per heavy atom. The third-order valence-electron chi connectivity index (χ3n) is 5.31. The Bertz CT molecular complexity index is 1070. The minimum absolute atomic E-state index is 0.0815. The minimum atomic E-state index is -1.17. The zero-order valence-electron chi connectivity index (χ0n) is 17.7. The number of carbonyl (C=O) groups excluding carboxylic acids is 1. The summed E-state index contributed by atoms with van der Waals surface area (Å²) in [4.78, 5) is 21.0. The molecule has 0 bridgehead atoms. The van der Waals surface area contributed by atoms with Gasteiger partial charge in [-0.3, -0.25) is 14.3 Å². The molecule has 32 heavy (non-hydrogen) atoms. The van der Waals surface area contributed by atoms with Crippen LogP contribution in [0.4, 0.5) is 5.82 Å². The maximum atomic E-state index is 13.4. The van der Waals surface area contributed by atoms with Gasteiger partial charge in [0.2, 0.25) is 6.35 Å². The van der Waals surface area contributed by atoms with Gasteiger partial charge >= 0.3 is 6.01 Å². The van der Waals surface area contributed by atoms with Crippen molar-refractivity contribution in [2.75, 3.05) is 24.6 Å². The van der Waals surface area contributed by atoms with Crippen molar-refractivity contribution in [2.24, 2.45) is 0 Å². The quantitative estimate of drug-likeness (QED) is 0.540. The van der Waals surface area contributed by atoms with E-state index in [1.165, 1.54) is 4.90 Å². The number of aliphatic hydroxyl groups excluding tert-OH is 2. The molecule has 0 saturated heterocycles. The number of fused-ring (bicyclic) bond motifs is 1. The molecule has 0 saturated carbocycles. The van der Waals surface area contributed by atoms with Crippen LogP contribution in [0.3, 0.4) is 0 Å². The molecule has 2 N–H and O–H groups in total. The van der Waals surface area contributed by atoms with Crippen molar-refractivity contribution in [3.8, 4) is 11.8 Å². The van der Waals surface area contributed by atoms with Crippen LogP contribution in [0.1, 0.15) is 29.4 Å². The third-order valence-corrected chi connectivity index (χ3v) is 5.56. The van der Waals surface area contributed by atoms with Crippen molar-refractivity contribution >= 4 is 23.3 Å². The molecular weight excluding hydrogens is 432 g/mol. The van der Waals surface area contributed by atoms with Gasteiger partial charge in [0, 0.05) is 24.7 Å². The zero-order valence-corrected chi connectivity index (χ0v) is 18.4.